The Morgan fingerprint density at radius 1 is 1.06 bits per heavy atom. The van der Waals surface area contributed by atoms with Crippen molar-refractivity contribution in [1.29, 1.82) is 0 Å². The summed E-state index contributed by atoms with van der Waals surface area (Å²) >= 11 is 0. The van der Waals surface area contributed by atoms with Crippen molar-refractivity contribution in [3.63, 3.8) is 0 Å². The van der Waals surface area contributed by atoms with Crippen molar-refractivity contribution in [2.45, 2.75) is 19.4 Å². The molecule has 0 amide bonds. The SMILES string of the molecule is O=c1c2cc(-c3ccc(F)cc3)ccc2nc(-c2ccc(OCCO)cc2F)n1CC1CCCNC1. The van der Waals surface area contributed by atoms with E-state index in [9.17, 15) is 9.18 Å². The molecule has 1 aliphatic heterocycles. The van der Waals surface area contributed by atoms with E-state index in [1.807, 2.05) is 6.07 Å². The van der Waals surface area contributed by atoms with Crippen LogP contribution >= 0.6 is 0 Å². The molecule has 0 radical (unpaired) electrons. The molecule has 186 valence electrons. The molecule has 1 atom stereocenters. The number of aliphatic hydroxyl groups is 1. The third-order valence-corrected chi connectivity index (χ3v) is 6.51. The minimum absolute atomic E-state index is 0.0583. The number of piperidine rings is 1. The van der Waals surface area contributed by atoms with Gasteiger partial charge in [0.05, 0.1) is 23.1 Å². The molecule has 36 heavy (non-hydrogen) atoms. The van der Waals surface area contributed by atoms with E-state index in [0.29, 0.717) is 23.2 Å². The number of hydrogen-bond acceptors (Lipinski definition) is 5. The van der Waals surface area contributed by atoms with E-state index in [4.69, 9.17) is 14.8 Å². The number of nitrogens with zero attached hydrogens (tertiary/aromatic N) is 2. The lowest BCUT2D eigenvalue weighted by Crippen LogP contribution is -2.35. The summed E-state index contributed by atoms with van der Waals surface area (Å²) in [6.07, 6.45) is 1.97. The fourth-order valence-electron chi connectivity index (χ4n) is 4.69. The highest BCUT2D eigenvalue weighted by Crippen LogP contribution is 2.29. The first-order valence-corrected chi connectivity index (χ1v) is 12.1. The molecule has 1 aromatic heterocycles. The lowest BCUT2D eigenvalue weighted by atomic mass is 9.99. The van der Waals surface area contributed by atoms with Crippen molar-refractivity contribution < 1.29 is 18.6 Å². The topological polar surface area (TPSA) is 76.4 Å². The Hall–Kier alpha value is -3.62. The van der Waals surface area contributed by atoms with Crippen LogP contribution in [0.4, 0.5) is 8.78 Å². The lowest BCUT2D eigenvalue weighted by molar-refractivity contribution is 0.201. The first-order valence-electron chi connectivity index (χ1n) is 12.1. The molecule has 5 rings (SSSR count). The molecule has 3 aromatic carbocycles. The standard InChI is InChI=1S/C28H27F2N3O3/c29-21-6-3-19(4-7-21)20-5-10-26-24(14-20)28(35)33(17-18-2-1-11-31-16-18)27(32-26)23-9-8-22(15-25(23)30)36-13-12-34/h3-10,14-15,18,31,34H,1-2,11-13,16-17H2. The predicted molar refractivity (Wildman–Crippen MR) is 135 cm³/mol. The van der Waals surface area contributed by atoms with Crippen LogP contribution in [0, 0.1) is 17.6 Å². The van der Waals surface area contributed by atoms with Crippen molar-refractivity contribution in [2.24, 2.45) is 5.92 Å². The zero-order valence-electron chi connectivity index (χ0n) is 19.7. The molecule has 1 unspecified atom stereocenters. The second kappa shape index (κ2) is 10.6. The van der Waals surface area contributed by atoms with Gasteiger partial charge < -0.3 is 15.2 Å². The van der Waals surface area contributed by atoms with Gasteiger partial charge in [0.1, 0.15) is 29.8 Å². The van der Waals surface area contributed by atoms with Crippen molar-refractivity contribution in [1.82, 2.24) is 14.9 Å². The quantitative estimate of drug-likeness (QED) is 0.401. The number of rotatable bonds is 7. The van der Waals surface area contributed by atoms with Gasteiger partial charge in [0.15, 0.2) is 0 Å². The Morgan fingerprint density at radius 3 is 2.58 bits per heavy atom. The monoisotopic (exact) mass is 491 g/mol. The molecular formula is C28H27F2N3O3. The first-order chi connectivity index (χ1) is 17.5. The summed E-state index contributed by atoms with van der Waals surface area (Å²) in [5.41, 5.74) is 1.98. The van der Waals surface area contributed by atoms with E-state index >= 15 is 4.39 Å². The zero-order valence-corrected chi connectivity index (χ0v) is 19.7. The van der Waals surface area contributed by atoms with E-state index in [0.717, 1.165) is 37.1 Å². The van der Waals surface area contributed by atoms with Gasteiger partial charge in [0.25, 0.3) is 5.56 Å². The zero-order chi connectivity index (χ0) is 25.1. The highest BCUT2D eigenvalue weighted by molar-refractivity contribution is 5.85. The number of hydrogen-bond donors (Lipinski definition) is 2. The fraction of sp³-hybridized carbons (Fsp3) is 0.286. The molecule has 2 heterocycles. The van der Waals surface area contributed by atoms with Crippen LogP contribution in [0.2, 0.25) is 0 Å². The third kappa shape index (κ3) is 5.01. The maximum atomic E-state index is 15.2. The molecule has 0 bridgehead atoms. The van der Waals surface area contributed by atoms with Gasteiger partial charge in [-0.3, -0.25) is 9.36 Å². The van der Waals surface area contributed by atoms with Gasteiger partial charge in [-0.2, -0.15) is 0 Å². The van der Waals surface area contributed by atoms with Gasteiger partial charge >= 0.3 is 0 Å². The molecule has 2 N–H and O–H groups in total. The number of benzene rings is 3. The second-order valence-corrected chi connectivity index (χ2v) is 9.02. The first kappa shape index (κ1) is 24.1. The molecule has 0 aliphatic carbocycles. The summed E-state index contributed by atoms with van der Waals surface area (Å²) in [5, 5.41) is 12.8. The van der Waals surface area contributed by atoms with E-state index in [1.165, 1.54) is 18.2 Å². The van der Waals surface area contributed by atoms with Gasteiger partial charge in [0.2, 0.25) is 0 Å². The maximum Gasteiger partial charge on any atom is 0.261 e. The van der Waals surface area contributed by atoms with Crippen LogP contribution < -0.4 is 15.6 Å². The molecule has 8 heteroatoms. The van der Waals surface area contributed by atoms with Gasteiger partial charge in [-0.15, -0.1) is 0 Å². The Bertz CT molecular complexity index is 1430. The van der Waals surface area contributed by atoms with Crippen molar-refractivity contribution in [3.8, 4) is 28.3 Å². The van der Waals surface area contributed by atoms with Crippen LogP contribution in [0.25, 0.3) is 33.4 Å². The van der Waals surface area contributed by atoms with Gasteiger partial charge in [-0.25, -0.2) is 13.8 Å². The van der Waals surface area contributed by atoms with Gasteiger partial charge in [-0.05, 0) is 79.4 Å². The predicted octanol–water partition coefficient (Wildman–Crippen LogP) is 4.38. The van der Waals surface area contributed by atoms with Crippen LogP contribution in [0.5, 0.6) is 5.75 Å². The summed E-state index contributed by atoms with van der Waals surface area (Å²) in [7, 11) is 0. The number of halogens is 2. The van der Waals surface area contributed by atoms with E-state index in [-0.39, 0.29) is 41.9 Å². The van der Waals surface area contributed by atoms with Crippen LogP contribution in [0.15, 0.2) is 65.5 Å². The maximum absolute atomic E-state index is 15.2. The summed E-state index contributed by atoms with van der Waals surface area (Å²) in [6.45, 7) is 2.01. The highest BCUT2D eigenvalue weighted by atomic mass is 19.1. The molecule has 1 aliphatic rings. The minimum atomic E-state index is -0.560. The van der Waals surface area contributed by atoms with Crippen LogP contribution in [-0.4, -0.2) is 41.0 Å². The summed E-state index contributed by atoms with van der Waals surface area (Å²) in [5.74, 6) is -0.122. The molecule has 0 saturated carbocycles. The van der Waals surface area contributed by atoms with Crippen LogP contribution in [0.1, 0.15) is 12.8 Å². The van der Waals surface area contributed by atoms with Crippen molar-refractivity contribution in [3.05, 3.63) is 82.7 Å². The molecule has 0 spiro atoms. The summed E-state index contributed by atoms with van der Waals surface area (Å²) in [6, 6.07) is 15.8. The van der Waals surface area contributed by atoms with Gasteiger partial charge in [0, 0.05) is 12.6 Å². The average molecular weight is 492 g/mol. The van der Waals surface area contributed by atoms with Crippen molar-refractivity contribution >= 4 is 10.9 Å². The van der Waals surface area contributed by atoms with E-state index in [2.05, 4.69) is 5.32 Å². The summed E-state index contributed by atoms with van der Waals surface area (Å²) in [4.78, 5) is 18.6. The number of nitrogens with one attached hydrogen (secondary N) is 1. The smallest absolute Gasteiger partial charge is 0.261 e. The number of aliphatic hydroxyl groups excluding tert-OH is 1. The lowest BCUT2D eigenvalue weighted by Gasteiger charge is -2.25. The Kier molecular flexibility index (Phi) is 7.06. The summed E-state index contributed by atoms with van der Waals surface area (Å²) < 4.78 is 35.5. The fourth-order valence-corrected chi connectivity index (χ4v) is 4.69. The third-order valence-electron chi connectivity index (χ3n) is 6.51. The normalized spacial score (nSPS) is 15.8. The number of ether oxygens (including phenoxy) is 1. The Labute approximate surface area is 207 Å². The minimum Gasteiger partial charge on any atom is -0.491 e. The van der Waals surface area contributed by atoms with Crippen LogP contribution in [-0.2, 0) is 6.54 Å². The molecular weight excluding hydrogens is 464 g/mol. The Morgan fingerprint density at radius 2 is 1.86 bits per heavy atom. The molecule has 1 fully saturated rings. The second-order valence-electron chi connectivity index (χ2n) is 9.02. The Balaban J connectivity index is 1.63. The van der Waals surface area contributed by atoms with Crippen LogP contribution in [0.3, 0.4) is 0 Å². The van der Waals surface area contributed by atoms with Crippen molar-refractivity contribution in [2.75, 3.05) is 26.3 Å². The average Bonchev–Trinajstić information content (AvgIpc) is 2.90. The highest BCUT2D eigenvalue weighted by Gasteiger charge is 2.21. The number of aromatic nitrogens is 2. The molecule has 1 saturated heterocycles. The largest absolute Gasteiger partial charge is 0.491 e. The van der Waals surface area contributed by atoms with E-state index in [1.54, 1.807) is 41.0 Å². The van der Waals surface area contributed by atoms with Gasteiger partial charge in [-0.1, -0.05) is 18.2 Å². The molecule has 4 aromatic rings. The number of fused-ring (bicyclic) bond motifs is 1. The molecule has 6 nitrogen and oxygen atoms in total. The van der Waals surface area contributed by atoms with E-state index < -0.39 is 5.82 Å².